The largest absolute Gasteiger partial charge is 0.456 e. The number of anilines is 1. The summed E-state index contributed by atoms with van der Waals surface area (Å²) in [7, 11) is 0. The molecular weight excluding hydrogens is 308 g/mol. The van der Waals surface area contributed by atoms with Crippen molar-refractivity contribution in [3.05, 3.63) is 65.8 Å². The Balaban J connectivity index is 1.72. The summed E-state index contributed by atoms with van der Waals surface area (Å²) in [6, 6.07) is 14.2. The van der Waals surface area contributed by atoms with Gasteiger partial charge in [-0.2, -0.15) is 4.98 Å². The van der Waals surface area contributed by atoms with Crippen LogP contribution in [-0.2, 0) is 6.54 Å². The molecule has 1 aromatic heterocycles. The summed E-state index contributed by atoms with van der Waals surface area (Å²) >= 11 is 0. The van der Waals surface area contributed by atoms with Crippen molar-refractivity contribution in [2.24, 2.45) is 5.73 Å². The van der Waals surface area contributed by atoms with Crippen LogP contribution in [0.25, 0.3) is 0 Å². The Morgan fingerprint density at radius 1 is 1.25 bits per heavy atom. The van der Waals surface area contributed by atoms with Crippen LogP contribution in [0.5, 0.6) is 11.5 Å². The van der Waals surface area contributed by atoms with Gasteiger partial charge in [0.05, 0.1) is 12.1 Å². The molecule has 0 saturated carbocycles. The third kappa shape index (κ3) is 3.70. The predicted molar refractivity (Wildman–Crippen MR) is 87.8 cm³/mol. The van der Waals surface area contributed by atoms with Crippen molar-refractivity contribution < 1.29 is 14.1 Å². The van der Waals surface area contributed by atoms with E-state index in [0.717, 1.165) is 5.69 Å². The maximum absolute atomic E-state index is 11.4. The molecule has 0 aliphatic heterocycles. The lowest BCUT2D eigenvalue weighted by atomic mass is 10.2. The van der Waals surface area contributed by atoms with Gasteiger partial charge in [-0.05, 0) is 31.2 Å². The molecule has 0 aliphatic rings. The third-order valence-corrected chi connectivity index (χ3v) is 3.23. The summed E-state index contributed by atoms with van der Waals surface area (Å²) in [6.45, 7) is 2.17. The fourth-order valence-corrected chi connectivity index (χ4v) is 2.15. The Bertz CT molecular complexity index is 860. The van der Waals surface area contributed by atoms with Crippen LogP contribution in [0.4, 0.5) is 5.69 Å². The van der Waals surface area contributed by atoms with Gasteiger partial charge in [0.15, 0.2) is 5.82 Å². The standard InChI is InChI=1S/C17H16N4O3/c1-11-20-16(24-21-11)10-19-12-5-4-6-13(9-12)23-15-8-3-2-7-14(15)17(18)22/h2-9,19H,10H2,1H3,(H2,18,22). The van der Waals surface area contributed by atoms with Gasteiger partial charge in [-0.25, -0.2) is 0 Å². The molecule has 7 nitrogen and oxygen atoms in total. The quantitative estimate of drug-likeness (QED) is 0.722. The second-order valence-corrected chi connectivity index (χ2v) is 5.08. The van der Waals surface area contributed by atoms with E-state index in [1.165, 1.54) is 0 Å². The van der Waals surface area contributed by atoms with Gasteiger partial charge in [-0.1, -0.05) is 23.4 Å². The number of hydrogen-bond donors (Lipinski definition) is 2. The Hall–Kier alpha value is -3.35. The average Bonchev–Trinajstić information content (AvgIpc) is 2.99. The normalized spacial score (nSPS) is 10.4. The van der Waals surface area contributed by atoms with Gasteiger partial charge in [0.2, 0.25) is 5.89 Å². The van der Waals surface area contributed by atoms with E-state index in [-0.39, 0.29) is 0 Å². The van der Waals surface area contributed by atoms with Crippen molar-refractivity contribution >= 4 is 11.6 Å². The summed E-state index contributed by atoms with van der Waals surface area (Å²) in [5.74, 6) is 1.54. The van der Waals surface area contributed by atoms with Gasteiger partial charge in [0.25, 0.3) is 5.91 Å². The van der Waals surface area contributed by atoms with Crippen molar-refractivity contribution in [2.45, 2.75) is 13.5 Å². The van der Waals surface area contributed by atoms with Gasteiger partial charge in [-0.15, -0.1) is 0 Å². The zero-order valence-corrected chi connectivity index (χ0v) is 13.0. The van der Waals surface area contributed by atoms with Crippen LogP contribution in [0.2, 0.25) is 0 Å². The zero-order chi connectivity index (χ0) is 16.9. The van der Waals surface area contributed by atoms with Crippen molar-refractivity contribution in [1.29, 1.82) is 0 Å². The van der Waals surface area contributed by atoms with E-state index in [1.807, 2.05) is 12.1 Å². The van der Waals surface area contributed by atoms with Crippen LogP contribution in [0, 0.1) is 6.92 Å². The molecule has 0 bridgehead atoms. The van der Waals surface area contributed by atoms with Gasteiger partial charge in [0, 0.05) is 11.8 Å². The number of aryl methyl sites for hydroxylation is 1. The lowest BCUT2D eigenvalue weighted by Gasteiger charge is -2.10. The van der Waals surface area contributed by atoms with Crippen LogP contribution < -0.4 is 15.8 Å². The second-order valence-electron chi connectivity index (χ2n) is 5.08. The molecule has 122 valence electrons. The van der Waals surface area contributed by atoms with Crippen LogP contribution >= 0.6 is 0 Å². The zero-order valence-electron chi connectivity index (χ0n) is 13.0. The average molecular weight is 324 g/mol. The number of aromatic nitrogens is 2. The first kappa shape index (κ1) is 15.5. The second kappa shape index (κ2) is 6.82. The van der Waals surface area contributed by atoms with Gasteiger partial charge in [0.1, 0.15) is 11.5 Å². The molecule has 0 saturated heterocycles. The van der Waals surface area contributed by atoms with Gasteiger partial charge >= 0.3 is 0 Å². The Labute approximate surface area is 138 Å². The van der Waals surface area contributed by atoms with Crippen molar-refractivity contribution in [2.75, 3.05) is 5.32 Å². The molecule has 3 N–H and O–H groups in total. The molecule has 0 radical (unpaired) electrons. The van der Waals surface area contributed by atoms with Crippen molar-refractivity contribution in [3.63, 3.8) is 0 Å². The third-order valence-electron chi connectivity index (χ3n) is 3.23. The van der Waals surface area contributed by atoms with Crippen LogP contribution in [0.15, 0.2) is 53.1 Å². The SMILES string of the molecule is Cc1noc(CNc2cccc(Oc3ccccc3C(N)=O)c2)n1. The van der Waals surface area contributed by atoms with E-state index in [1.54, 1.807) is 43.3 Å². The van der Waals surface area contributed by atoms with Gasteiger partial charge in [-0.3, -0.25) is 4.79 Å². The number of benzene rings is 2. The van der Waals surface area contributed by atoms with E-state index >= 15 is 0 Å². The molecule has 0 spiro atoms. The molecule has 1 heterocycles. The van der Waals surface area contributed by atoms with Gasteiger partial charge < -0.3 is 20.3 Å². The summed E-state index contributed by atoms with van der Waals surface area (Å²) in [5, 5.41) is 6.90. The van der Waals surface area contributed by atoms with Crippen molar-refractivity contribution in [3.8, 4) is 11.5 Å². The molecule has 3 aromatic rings. The number of nitrogens with zero attached hydrogens (tertiary/aromatic N) is 2. The number of para-hydroxylation sites is 1. The number of ether oxygens (including phenoxy) is 1. The first-order chi connectivity index (χ1) is 11.6. The summed E-state index contributed by atoms with van der Waals surface area (Å²) in [6.07, 6.45) is 0. The topological polar surface area (TPSA) is 103 Å². The highest BCUT2D eigenvalue weighted by Gasteiger charge is 2.09. The number of carbonyl (C=O) groups is 1. The molecule has 1 amide bonds. The van der Waals surface area contributed by atoms with E-state index in [2.05, 4.69) is 15.5 Å². The molecule has 24 heavy (non-hydrogen) atoms. The molecule has 0 atom stereocenters. The number of carbonyl (C=O) groups excluding carboxylic acids is 1. The molecule has 7 heteroatoms. The molecule has 3 rings (SSSR count). The fraction of sp³-hybridized carbons (Fsp3) is 0.118. The van der Waals surface area contributed by atoms with E-state index < -0.39 is 5.91 Å². The van der Waals surface area contributed by atoms with Crippen LogP contribution in [0.3, 0.4) is 0 Å². The lowest BCUT2D eigenvalue weighted by molar-refractivity contribution is 0.0998. The minimum absolute atomic E-state index is 0.331. The van der Waals surface area contributed by atoms with Crippen LogP contribution in [-0.4, -0.2) is 16.0 Å². The summed E-state index contributed by atoms with van der Waals surface area (Å²) < 4.78 is 10.8. The van der Waals surface area contributed by atoms with Crippen LogP contribution in [0.1, 0.15) is 22.1 Å². The maximum Gasteiger partial charge on any atom is 0.252 e. The first-order valence-electron chi connectivity index (χ1n) is 7.31. The number of nitrogens with two attached hydrogens (primary N) is 1. The molecular formula is C17H16N4O3. The highest BCUT2D eigenvalue weighted by atomic mass is 16.5. The number of nitrogens with one attached hydrogen (secondary N) is 1. The Morgan fingerprint density at radius 3 is 2.83 bits per heavy atom. The highest BCUT2D eigenvalue weighted by Crippen LogP contribution is 2.27. The number of hydrogen-bond acceptors (Lipinski definition) is 6. The smallest absolute Gasteiger partial charge is 0.252 e. The van der Waals surface area contributed by atoms with E-state index in [4.69, 9.17) is 15.0 Å². The number of primary amides is 1. The predicted octanol–water partition coefficient (Wildman–Crippen LogP) is 2.88. The Kier molecular flexibility index (Phi) is 4.42. The Morgan fingerprint density at radius 2 is 2.08 bits per heavy atom. The molecule has 0 aliphatic carbocycles. The number of amides is 1. The maximum atomic E-state index is 11.4. The molecule has 0 unspecified atom stereocenters. The van der Waals surface area contributed by atoms with E-state index in [0.29, 0.717) is 35.3 Å². The summed E-state index contributed by atoms with van der Waals surface area (Å²) in [5.41, 5.74) is 6.51. The fourth-order valence-electron chi connectivity index (χ4n) is 2.15. The first-order valence-corrected chi connectivity index (χ1v) is 7.31. The summed E-state index contributed by atoms with van der Waals surface area (Å²) in [4.78, 5) is 15.6. The monoisotopic (exact) mass is 324 g/mol. The minimum Gasteiger partial charge on any atom is -0.456 e. The minimum atomic E-state index is -0.536. The van der Waals surface area contributed by atoms with E-state index in [9.17, 15) is 4.79 Å². The molecule has 0 fully saturated rings. The number of rotatable bonds is 6. The molecule has 2 aromatic carbocycles. The lowest BCUT2D eigenvalue weighted by Crippen LogP contribution is -2.12. The van der Waals surface area contributed by atoms with Crippen molar-refractivity contribution in [1.82, 2.24) is 10.1 Å². The highest BCUT2D eigenvalue weighted by molar-refractivity contribution is 5.95.